The lowest BCUT2D eigenvalue weighted by molar-refractivity contribution is -0.175. The summed E-state index contributed by atoms with van der Waals surface area (Å²) >= 11 is 0. The van der Waals surface area contributed by atoms with E-state index in [0.29, 0.717) is 52.7 Å². The van der Waals surface area contributed by atoms with Gasteiger partial charge in [0.05, 0.1) is 50.6 Å². The zero-order valence-corrected chi connectivity index (χ0v) is 40.2. The van der Waals surface area contributed by atoms with E-state index in [2.05, 4.69) is 27.4 Å². The fourth-order valence-corrected chi connectivity index (χ4v) is 10.9. The summed E-state index contributed by atoms with van der Waals surface area (Å²) in [6.45, 7) is 6.26. The number of aliphatic hydroxyl groups excluding tert-OH is 1. The maximum absolute atomic E-state index is 16.6. The van der Waals surface area contributed by atoms with Gasteiger partial charge in [-0.3, -0.25) is 19.3 Å². The molecule has 72 heavy (non-hydrogen) atoms. The highest BCUT2D eigenvalue weighted by atomic mass is 16.6. The predicted molar refractivity (Wildman–Crippen MR) is 272 cm³/mol. The maximum Gasteiger partial charge on any atom is 0.329 e. The molecular weight excluding hydrogens is 911 g/mol. The third-order valence-corrected chi connectivity index (χ3v) is 14.3. The summed E-state index contributed by atoms with van der Waals surface area (Å²) in [6, 6.07) is 41.6. The SMILES string of the molecule is COc1ccc(C#Cc2ccc3c(c2)[C@]2(C(=O)N3C(=O)N[C@@H](C)c3ccccc3)[C@H](c3ccc(OCCO)cc3)N3[C@H](C)[C@H](c4ccccc4)OC(=O)[C@H]3[C@@H]2C(=O)Nc2ccc(N3CCOCC3)cc2)cc1. The van der Waals surface area contributed by atoms with Crippen molar-refractivity contribution in [1.29, 1.82) is 0 Å². The minimum absolute atomic E-state index is 0.0515. The second-order valence-corrected chi connectivity index (χ2v) is 18.4. The molecule has 3 fully saturated rings. The molecular formula is C58H55N5O9. The first kappa shape index (κ1) is 47.7. The quantitative estimate of drug-likeness (QED) is 0.0862. The van der Waals surface area contributed by atoms with Crippen molar-refractivity contribution in [3.63, 3.8) is 0 Å². The molecule has 0 aromatic heterocycles. The van der Waals surface area contributed by atoms with E-state index in [4.69, 9.17) is 18.9 Å². The molecule has 14 nitrogen and oxygen atoms in total. The summed E-state index contributed by atoms with van der Waals surface area (Å²) in [7, 11) is 1.59. The van der Waals surface area contributed by atoms with Crippen LogP contribution in [0.25, 0.3) is 0 Å². The number of benzene rings is 6. The molecule has 4 amide bonds. The van der Waals surface area contributed by atoms with Crippen molar-refractivity contribution in [3.05, 3.63) is 185 Å². The normalized spacial score (nSPS) is 22.8. The average Bonchev–Trinajstić information content (AvgIpc) is 3.88. The van der Waals surface area contributed by atoms with Crippen molar-refractivity contribution in [2.45, 2.75) is 49.5 Å². The number of hydrogen-bond donors (Lipinski definition) is 3. The van der Waals surface area contributed by atoms with Crippen LogP contribution in [0.5, 0.6) is 11.5 Å². The van der Waals surface area contributed by atoms with Gasteiger partial charge in [-0.15, -0.1) is 0 Å². The highest BCUT2D eigenvalue weighted by molar-refractivity contribution is 6.25. The van der Waals surface area contributed by atoms with E-state index in [9.17, 15) is 5.11 Å². The number of fused-ring (bicyclic) bond motifs is 3. The molecule has 3 saturated heterocycles. The van der Waals surface area contributed by atoms with Crippen molar-refractivity contribution < 1.29 is 43.2 Å². The zero-order valence-electron chi connectivity index (χ0n) is 40.2. The Bertz CT molecular complexity index is 3010. The van der Waals surface area contributed by atoms with Crippen LogP contribution in [0.1, 0.15) is 65.4 Å². The molecule has 0 unspecified atom stereocenters. The molecule has 0 saturated carbocycles. The summed E-state index contributed by atoms with van der Waals surface area (Å²) in [6.07, 6.45) is -0.806. The first-order valence-corrected chi connectivity index (χ1v) is 24.2. The standard InChI is InChI=1S/C58H55N5O9/c1-37(41-10-6-4-7-11-41)59-57(68)63-49-29-18-40(15-14-39-16-25-46(69-3)26-17-39)36-48(49)58(56(63)67)50(54(65)60-44-21-23-45(24-22-44)61-30-33-70-34-31-61)51-55(66)72-52(42-12-8-5-9-13-42)38(2)62(51)53(58)43-19-27-47(28-20-43)71-35-32-64/h4-13,16-29,36-38,50-53,64H,30-35H2,1-3H3,(H,59,68)(H,60,65)/t37-,38+,50+,51+,52+,53-,58+/m0/s1. The first-order valence-electron chi connectivity index (χ1n) is 24.2. The van der Waals surface area contributed by atoms with Gasteiger partial charge < -0.3 is 39.6 Å². The molecule has 4 heterocycles. The Morgan fingerprint density at radius 2 is 1.46 bits per heavy atom. The number of imide groups is 1. The molecule has 3 N–H and O–H groups in total. The van der Waals surface area contributed by atoms with Crippen LogP contribution in [0.15, 0.2) is 152 Å². The number of esters is 1. The summed E-state index contributed by atoms with van der Waals surface area (Å²) in [5.41, 5.74) is 3.34. The molecule has 4 aliphatic heterocycles. The monoisotopic (exact) mass is 965 g/mol. The highest BCUT2D eigenvalue weighted by Gasteiger charge is 2.75. The second kappa shape index (κ2) is 20.4. The highest BCUT2D eigenvalue weighted by Crippen LogP contribution is 2.64. The van der Waals surface area contributed by atoms with Gasteiger partial charge in [0, 0.05) is 41.6 Å². The molecule has 7 atom stereocenters. The van der Waals surface area contributed by atoms with Crippen LogP contribution < -0.4 is 29.9 Å². The van der Waals surface area contributed by atoms with Crippen LogP contribution in [-0.4, -0.2) is 92.5 Å². The first-order chi connectivity index (χ1) is 35.1. The minimum atomic E-state index is -1.98. The molecule has 366 valence electrons. The summed E-state index contributed by atoms with van der Waals surface area (Å²) in [5, 5.41) is 15.8. The fourth-order valence-electron chi connectivity index (χ4n) is 10.9. The number of ether oxygens (including phenoxy) is 4. The number of amides is 4. The average molecular weight is 966 g/mol. The molecule has 6 aromatic rings. The molecule has 0 bridgehead atoms. The Morgan fingerprint density at radius 3 is 2.14 bits per heavy atom. The van der Waals surface area contributed by atoms with Gasteiger partial charge in [0.25, 0.3) is 0 Å². The van der Waals surface area contributed by atoms with Crippen LogP contribution in [0, 0.1) is 17.8 Å². The van der Waals surface area contributed by atoms with Crippen LogP contribution in [-0.2, 0) is 29.3 Å². The van der Waals surface area contributed by atoms with Crippen molar-refractivity contribution in [2.75, 3.05) is 61.7 Å². The zero-order chi connectivity index (χ0) is 49.9. The summed E-state index contributed by atoms with van der Waals surface area (Å²) < 4.78 is 23.2. The Labute approximate surface area is 418 Å². The Balaban J connectivity index is 1.18. The number of methoxy groups -OCH3 is 1. The number of rotatable bonds is 11. The van der Waals surface area contributed by atoms with Gasteiger partial charge >= 0.3 is 12.0 Å². The maximum atomic E-state index is 16.6. The van der Waals surface area contributed by atoms with Crippen molar-refractivity contribution in [1.82, 2.24) is 10.2 Å². The van der Waals surface area contributed by atoms with E-state index in [-0.39, 0.29) is 18.9 Å². The number of morpholine rings is 2. The number of carbonyl (C=O) groups excluding carboxylic acids is 4. The number of anilines is 3. The minimum Gasteiger partial charge on any atom is -0.497 e. The Morgan fingerprint density at radius 1 is 0.806 bits per heavy atom. The number of carbonyl (C=O) groups is 4. The number of urea groups is 1. The van der Waals surface area contributed by atoms with Crippen LogP contribution in [0.4, 0.5) is 21.9 Å². The molecule has 10 rings (SSSR count). The molecule has 1 spiro atoms. The third-order valence-electron chi connectivity index (χ3n) is 14.3. The van der Waals surface area contributed by atoms with E-state index >= 15 is 19.2 Å². The second-order valence-electron chi connectivity index (χ2n) is 18.4. The molecule has 0 radical (unpaired) electrons. The van der Waals surface area contributed by atoms with Crippen molar-refractivity contribution in [3.8, 4) is 23.3 Å². The lowest BCUT2D eigenvalue weighted by Crippen LogP contribution is -2.56. The van der Waals surface area contributed by atoms with Crippen LogP contribution in [0.2, 0.25) is 0 Å². The van der Waals surface area contributed by atoms with Gasteiger partial charge in [0.1, 0.15) is 35.7 Å². The lowest BCUT2D eigenvalue weighted by atomic mass is 9.65. The lowest BCUT2D eigenvalue weighted by Gasteiger charge is -2.44. The van der Waals surface area contributed by atoms with Gasteiger partial charge in [-0.05, 0) is 115 Å². The van der Waals surface area contributed by atoms with E-state index < -0.39 is 65.4 Å². The fraction of sp³-hybridized carbons (Fsp3) is 0.276. The van der Waals surface area contributed by atoms with E-state index in [1.54, 1.807) is 49.6 Å². The summed E-state index contributed by atoms with van der Waals surface area (Å²) in [5.74, 6) is 4.15. The van der Waals surface area contributed by atoms with Gasteiger partial charge in [0.2, 0.25) is 11.8 Å². The van der Waals surface area contributed by atoms with Crippen molar-refractivity contribution in [2.24, 2.45) is 5.92 Å². The van der Waals surface area contributed by atoms with Crippen LogP contribution in [0.3, 0.4) is 0 Å². The Hall–Kier alpha value is -7.96. The number of nitrogens with zero attached hydrogens (tertiary/aromatic N) is 3. The van der Waals surface area contributed by atoms with E-state index in [0.717, 1.165) is 34.8 Å². The molecule has 4 aliphatic rings. The molecule has 0 aliphatic carbocycles. The van der Waals surface area contributed by atoms with Gasteiger partial charge in [-0.25, -0.2) is 9.69 Å². The number of hydrogen-bond acceptors (Lipinski definition) is 11. The van der Waals surface area contributed by atoms with Crippen molar-refractivity contribution >= 4 is 40.9 Å². The summed E-state index contributed by atoms with van der Waals surface area (Å²) in [4.78, 5) is 68.1. The van der Waals surface area contributed by atoms with Gasteiger partial charge in [-0.1, -0.05) is 84.6 Å². The van der Waals surface area contributed by atoms with Gasteiger partial charge in [0.15, 0.2) is 0 Å². The molecule has 14 heteroatoms. The smallest absolute Gasteiger partial charge is 0.329 e. The number of cyclic esters (lactones) is 1. The van der Waals surface area contributed by atoms with Crippen LogP contribution >= 0.6 is 0 Å². The van der Waals surface area contributed by atoms with E-state index in [1.807, 2.05) is 128 Å². The topological polar surface area (TPSA) is 159 Å². The largest absolute Gasteiger partial charge is 0.497 e. The Kier molecular flexibility index (Phi) is 13.5. The van der Waals surface area contributed by atoms with Gasteiger partial charge in [-0.2, -0.15) is 0 Å². The van der Waals surface area contributed by atoms with E-state index in [1.165, 1.54) is 0 Å². The predicted octanol–water partition coefficient (Wildman–Crippen LogP) is 7.72. The third kappa shape index (κ3) is 8.80. The number of nitrogens with one attached hydrogen (secondary N) is 2. The molecule has 6 aromatic carbocycles. The number of aliphatic hydroxyl groups is 1.